The molecular weight excluding hydrogens is 989 g/mol. The van der Waals surface area contributed by atoms with Crippen molar-refractivity contribution in [3.05, 3.63) is 179 Å². The maximum Gasteiger partial charge on any atom is 0.157 e. The lowest BCUT2D eigenvalue weighted by Gasteiger charge is -2.49. The Morgan fingerprint density at radius 2 is 0.696 bits per heavy atom. The van der Waals surface area contributed by atoms with Crippen molar-refractivity contribution in [3.8, 4) is 0 Å². The molecule has 10 heteroatoms. The highest BCUT2D eigenvalue weighted by molar-refractivity contribution is 5.18. The van der Waals surface area contributed by atoms with Crippen molar-refractivity contribution in [2.24, 2.45) is 0 Å². The van der Waals surface area contributed by atoms with Gasteiger partial charge in [-0.15, -0.1) is 0 Å². The summed E-state index contributed by atoms with van der Waals surface area (Å²) in [5.74, 6) is 0. The van der Waals surface area contributed by atoms with E-state index in [9.17, 15) is 0 Å². The van der Waals surface area contributed by atoms with Crippen LogP contribution in [0.25, 0.3) is 0 Å². The molecule has 1 aliphatic heterocycles. The molecule has 2 aliphatic rings. The van der Waals surface area contributed by atoms with Gasteiger partial charge in [0.15, 0.2) is 6.29 Å². The van der Waals surface area contributed by atoms with Gasteiger partial charge in [0.2, 0.25) is 0 Å². The average Bonchev–Trinajstić information content (AvgIpc) is 3.65. The molecule has 1 saturated heterocycles. The maximum absolute atomic E-state index is 7.15. The van der Waals surface area contributed by atoms with E-state index in [1.54, 1.807) is 0 Å². The maximum atomic E-state index is 7.15. The summed E-state index contributed by atoms with van der Waals surface area (Å²) >= 11 is 0. The van der Waals surface area contributed by atoms with Gasteiger partial charge in [0.05, 0.1) is 59.5 Å². The van der Waals surface area contributed by atoms with Gasteiger partial charge in [0.25, 0.3) is 0 Å². The summed E-state index contributed by atoms with van der Waals surface area (Å²) < 4.78 is 68.0. The van der Waals surface area contributed by atoms with Gasteiger partial charge < -0.3 is 47.4 Å². The van der Waals surface area contributed by atoms with Crippen LogP contribution in [0.3, 0.4) is 0 Å². The highest BCUT2D eigenvalue weighted by Gasteiger charge is 2.55. The first-order chi connectivity index (χ1) is 39.2. The van der Waals surface area contributed by atoms with Crippen molar-refractivity contribution in [3.63, 3.8) is 0 Å². The van der Waals surface area contributed by atoms with Crippen molar-refractivity contribution < 1.29 is 47.4 Å². The Morgan fingerprint density at radius 3 is 1.04 bits per heavy atom. The minimum atomic E-state index is -0.675. The Bertz CT molecular complexity index is 2100. The number of ether oxygens (including phenoxy) is 10. The van der Waals surface area contributed by atoms with Crippen LogP contribution in [-0.4, -0.2) is 88.7 Å². The largest absolute Gasteiger partial charge is 0.379 e. The Balaban J connectivity index is 1.03. The Hall–Kier alpha value is -4.30. The van der Waals surface area contributed by atoms with Gasteiger partial charge in [-0.2, -0.15) is 0 Å². The fourth-order valence-corrected chi connectivity index (χ4v) is 10.7. The molecule has 0 radical (unpaired) electrons. The van der Waals surface area contributed by atoms with E-state index in [1.165, 1.54) is 96.3 Å². The summed E-state index contributed by atoms with van der Waals surface area (Å²) in [6.07, 6.45) is 20.0. The minimum Gasteiger partial charge on any atom is -0.379 e. The van der Waals surface area contributed by atoms with Crippen LogP contribution in [-0.2, 0) is 80.4 Å². The summed E-state index contributed by atoms with van der Waals surface area (Å²) in [4.78, 5) is 0. The molecule has 5 aromatic carbocycles. The van der Waals surface area contributed by atoms with E-state index in [1.807, 2.05) is 91.0 Å². The molecule has 0 amide bonds. The fourth-order valence-electron chi connectivity index (χ4n) is 10.7. The molecule has 0 spiro atoms. The molecule has 1 aliphatic carbocycles. The predicted molar refractivity (Wildman–Crippen MR) is 314 cm³/mol. The summed E-state index contributed by atoms with van der Waals surface area (Å²) in [6, 6.07) is 51.2. The summed E-state index contributed by atoms with van der Waals surface area (Å²) in [5, 5.41) is 0. The van der Waals surface area contributed by atoms with Crippen molar-refractivity contribution in [1.29, 1.82) is 0 Å². The highest BCUT2D eigenvalue weighted by atomic mass is 16.7. The van der Waals surface area contributed by atoms with Gasteiger partial charge in [0.1, 0.15) is 42.7 Å². The highest BCUT2D eigenvalue weighted by Crippen LogP contribution is 2.36. The molecular formula is C69H96O10. The Morgan fingerprint density at radius 1 is 0.354 bits per heavy atom. The molecule has 79 heavy (non-hydrogen) atoms. The lowest BCUT2D eigenvalue weighted by atomic mass is 9.83. The van der Waals surface area contributed by atoms with E-state index in [4.69, 9.17) is 47.4 Å². The number of unbranched alkanes of at least 4 members (excludes halogenated alkanes) is 15. The molecule has 2 fully saturated rings. The van der Waals surface area contributed by atoms with E-state index in [0.717, 1.165) is 53.5 Å². The summed E-state index contributed by atoms with van der Waals surface area (Å²) in [5.41, 5.74) is 5.16. The second kappa shape index (κ2) is 39.2. The summed E-state index contributed by atoms with van der Waals surface area (Å²) in [7, 11) is 0. The van der Waals surface area contributed by atoms with E-state index in [-0.39, 0.29) is 25.6 Å². The van der Waals surface area contributed by atoms with Gasteiger partial charge in [-0.1, -0.05) is 255 Å². The van der Waals surface area contributed by atoms with Gasteiger partial charge in [-0.05, 0) is 53.5 Å². The zero-order valence-electron chi connectivity index (χ0n) is 47.8. The van der Waals surface area contributed by atoms with E-state index >= 15 is 0 Å². The molecule has 1 heterocycles. The van der Waals surface area contributed by atoms with Gasteiger partial charge in [-0.3, -0.25) is 0 Å². The lowest BCUT2D eigenvalue weighted by Crippen LogP contribution is -2.67. The Labute approximate surface area is 475 Å². The van der Waals surface area contributed by atoms with Crippen LogP contribution in [0.5, 0.6) is 0 Å². The molecule has 0 N–H and O–H groups in total. The molecule has 432 valence electrons. The zero-order chi connectivity index (χ0) is 54.5. The van der Waals surface area contributed by atoms with Crippen molar-refractivity contribution in [1.82, 2.24) is 0 Å². The zero-order valence-corrected chi connectivity index (χ0v) is 47.8. The monoisotopic (exact) mass is 1080 g/mol. The van der Waals surface area contributed by atoms with E-state index in [0.29, 0.717) is 59.5 Å². The standard InChI is InChI=1S/C69H96O10/c1-2-3-4-5-6-7-8-9-10-11-12-13-14-15-16-33-46-70-55-62(56-74-63-45-32-34-47-72-63)71-48-49-73-64-65(75-50-57-35-22-17-23-36-57)67(77-52-59-39-26-19-27-40-59)69(79-54-61-43-30-21-31-44-61)68(78-53-60-41-28-20-29-42-60)66(64)76-51-58-37-24-18-25-38-58/h17-31,35-44,62-69H,2-16,32-34,45-56H2,1H3/t62-,63?,64?,65-,66-,67-,68+,69?/m1/s1. The fraction of sp³-hybridized carbons (Fsp3) is 0.565. The van der Waals surface area contributed by atoms with Crippen LogP contribution in [0, 0.1) is 0 Å². The van der Waals surface area contributed by atoms with Crippen LogP contribution >= 0.6 is 0 Å². The molecule has 0 aromatic heterocycles. The van der Waals surface area contributed by atoms with Crippen LogP contribution in [0.1, 0.15) is 157 Å². The molecule has 7 rings (SSSR count). The molecule has 0 bridgehead atoms. The number of rotatable bonds is 42. The normalized spacial score (nSPS) is 20.8. The van der Waals surface area contributed by atoms with Gasteiger partial charge in [-0.25, -0.2) is 0 Å². The first kappa shape index (κ1) is 62.3. The molecule has 3 unspecified atom stereocenters. The van der Waals surface area contributed by atoms with Crippen molar-refractivity contribution >= 4 is 0 Å². The SMILES string of the molecule is CCCCCCCCCCCCCCCCCCOC[C@H](COC1CCCCO1)OCCOC1[C@@H](OCc2ccccc2)[C@H](OCc2ccccc2)C(OCc2ccccc2)[C@H](OCc2ccccc2)[C@@H]1OCc1ccccc1. The second-order valence-corrected chi connectivity index (χ2v) is 21.6. The van der Waals surface area contributed by atoms with Crippen LogP contribution < -0.4 is 0 Å². The number of benzene rings is 5. The number of hydrogen-bond acceptors (Lipinski definition) is 10. The number of hydrogen-bond donors (Lipinski definition) is 0. The third kappa shape index (κ3) is 24.4. The van der Waals surface area contributed by atoms with Crippen molar-refractivity contribution in [2.45, 2.75) is 211 Å². The third-order valence-electron chi connectivity index (χ3n) is 15.2. The smallest absolute Gasteiger partial charge is 0.157 e. The topological polar surface area (TPSA) is 92.3 Å². The van der Waals surface area contributed by atoms with Gasteiger partial charge >= 0.3 is 0 Å². The molecule has 8 atom stereocenters. The average molecular weight is 1090 g/mol. The predicted octanol–water partition coefficient (Wildman–Crippen LogP) is 15.5. The lowest BCUT2D eigenvalue weighted by molar-refractivity contribution is -0.292. The van der Waals surface area contributed by atoms with E-state index in [2.05, 4.69) is 67.6 Å². The molecule has 1 saturated carbocycles. The third-order valence-corrected chi connectivity index (χ3v) is 15.2. The van der Waals surface area contributed by atoms with E-state index < -0.39 is 36.6 Å². The second-order valence-electron chi connectivity index (χ2n) is 21.6. The molecule has 5 aromatic rings. The first-order valence-electron chi connectivity index (χ1n) is 30.5. The van der Waals surface area contributed by atoms with Gasteiger partial charge in [0, 0.05) is 13.2 Å². The minimum absolute atomic E-state index is 0.235. The summed E-state index contributed by atoms with van der Waals surface area (Å²) in [6.45, 7) is 6.63. The van der Waals surface area contributed by atoms with Crippen LogP contribution in [0.15, 0.2) is 152 Å². The van der Waals surface area contributed by atoms with Crippen LogP contribution in [0.4, 0.5) is 0 Å². The quantitative estimate of drug-likeness (QED) is 0.0352. The van der Waals surface area contributed by atoms with Crippen molar-refractivity contribution in [2.75, 3.05) is 39.6 Å². The molecule has 10 nitrogen and oxygen atoms in total. The first-order valence-corrected chi connectivity index (χ1v) is 30.5. The Kier molecular flexibility index (Phi) is 30.9. The van der Waals surface area contributed by atoms with Crippen LogP contribution in [0.2, 0.25) is 0 Å².